The maximum atomic E-state index is 12.4. The van der Waals surface area contributed by atoms with Gasteiger partial charge in [0.2, 0.25) is 0 Å². The van der Waals surface area contributed by atoms with E-state index < -0.39 is 11.7 Å². The lowest BCUT2D eigenvalue weighted by Gasteiger charge is -2.13. The molecular weight excluding hydrogens is 239 g/mol. The minimum absolute atomic E-state index is 0.396. The van der Waals surface area contributed by atoms with Crippen LogP contribution in [0.2, 0.25) is 0 Å². The second kappa shape index (κ2) is 6.78. The largest absolute Gasteiger partial charge is 0.416 e. The van der Waals surface area contributed by atoms with Gasteiger partial charge in [0.05, 0.1) is 5.56 Å². The van der Waals surface area contributed by atoms with Gasteiger partial charge in [0, 0.05) is 6.04 Å². The van der Waals surface area contributed by atoms with Gasteiger partial charge in [-0.05, 0) is 50.4 Å². The fraction of sp³-hybridized carbons (Fsp3) is 0.571. The highest BCUT2D eigenvalue weighted by Gasteiger charge is 2.29. The number of alkyl halides is 3. The van der Waals surface area contributed by atoms with Crippen molar-refractivity contribution in [3.8, 4) is 0 Å². The zero-order chi connectivity index (χ0) is 13.6. The quantitative estimate of drug-likeness (QED) is 0.813. The number of hydrogen-bond donors (Lipinski definition) is 1. The minimum Gasteiger partial charge on any atom is -0.314 e. The normalized spacial score (nSPS) is 13.6. The Kier molecular flexibility index (Phi) is 5.66. The molecule has 0 saturated heterocycles. The molecular formula is C14H20F3N. The zero-order valence-electron chi connectivity index (χ0n) is 10.8. The Bertz CT molecular complexity index is 343. The van der Waals surface area contributed by atoms with Gasteiger partial charge < -0.3 is 5.32 Å². The summed E-state index contributed by atoms with van der Waals surface area (Å²) in [7, 11) is 0. The second-order valence-corrected chi connectivity index (χ2v) is 4.59. The zero-order valence-corrected chi connectivity index (χ0v) is 10.8. The highest BCUT2D eigenvalue weighted by Crippen LogP contribution is 2.29. The lowest BCUT2D eigenvalue weighted by atomic mass is 10.0. The molecule has 1 aromatic carbocycles. The number of aryl methyl sites for hydroxylation is 1. The van der Waals surface area contributed by atoms with E-state index in [1.165, 1.54) is 0 Å². The third-order valence-electron chi connectivity index (χ3n) is 2.89. The molecule has 0 amide bonds. The first-order valence-corrected chi connectivity index (χ1v) is 6.33. The van der Waals surface area contributed by atoms with Crippen molar-refractivity contribution in [2.45, 2.75) is 45.3 Å². The van der Waals surface area contributed by atoms with Crippen LogP contribution in [-0.4, -0.2) is 12.6 Å². The molecule has 0 aromatic heterocycles. The Labute approximate surface area is 106 Å². The average Bonchev–Trinajstić information content (AvgIpc) is 2.33. The van der Waals surface area contributed by atoms with Crippen molar-refractivity contribution >= 4 is 0 Å². The van der Waals surface area contributed by atoms with Crippen molar-refractivity contribution in [3.05, 3.63) is 35.4 Å². The highest BCUT2D eigenvalue weighted by molar-refractivity contribution is 5.24. The van der Waals surface area contributed by atoms with E-state index in [2.05, 4.69) is 19.2 Å². The maximum Gasteiger partial charge on any atom is 0.416 e. The fourth-order valence-electron chi connectivity index (χ4n) is 1.74. The third-order valence-corrected chi connectivity index (χ3v) is 2.89. The third kappa shape index (κ3) is 5.08. The molecule has 1 atom stereocenters. The molecule has 0 saturated carbocycles. The second-order valence-electron chi connectivity index (χ2n) is 4.59. The summed E-state index contributed by atoms with van der Waals surface area (Å²) in [5.41, 5.74) is 0.372. The van der Waals surface area contributed by atoms with E-state index in [0.29, 0.717) is 6.04 Å². The molecule has 0 fully saturated rings. The van der Waals surface area contributed by atoms with Crippen LogP contribution in [0.4, 0.5) is 13.2 Å². The van der Waals surface area contributed by atoms with Crippen molar-refractivity contribution in [2.75, 3.05) is 6.54 Å². The Balaban J connectivity index is 2.44. The van der Waals surface area contributed by atoms with Crippen LogP contribution in [0.5, 0.6) is 0 Å². The van der Waals surface area contributed by atoms with E-state index in [1.54, 1.807) is 12.1 Å². The maximum absolute atomic E-state index is 12.4. The molecule has 1 aromatic rings. The van der Waals surface area contributed by atoms with Crippen LogP contribution in [0.25, 0.3) is 0 Å². The van der Waals surface area contributed by atoms with Gasteiger partial charge >= 0.3 is 6.18 Å². The van der Waals surface area contributed by atoms with Crippen molar-refractivity contribution in [1.82, 2.24) is 5.32 Å². The van der Waals surface area contributed by atoms with E-state index in [1.807, 2.05) is 0 Å². The minimum atomic E-state index is -4.24. The van der Waals surface area contributed by atoms with Crippen LogP contribution < -0.4 is 5.32 Å². The number of benzene rings is 1. The number of rotatable bonds is 6. The smallest absolute Gasteiger partial charge is 0.314 e. The predicted molar refractivity (Wildman–Crippen MR) is 67.5 cm³/mol. The molecule has 0 aliphatic carbocycles. The Morgan fingerprint density at radius 3 is 2.28 bits per heavy atom. The average molecular weight is 259 g/mol. The van der Waals surface area contributed by atoms with Gasteiger partial charge in [-0.25, -0.2) is 0 Å². The van der Waals surface area contributed by atoms with E-state index >= 15 is 0 Å². The van der Waals surface area contributed by atoms with E-state index in [4.69, 9.17) is 0 Å². The SMILES string of the molecule is CCCNC(C)CCc1ccc(C(F)(F)F)cc1. The predicted octanol–water partition coefficient (Wildman–Crippen LogP) is 4.03. The van der Waals surface area contributed by atoms with Gasteiger partial charge in [0.25, 0.3) is 0 Å². The molecule has 0 aliphatic rings. The highest BCUT2D eigenvalue weighted by atomic mass is 19.4. The van der Waals surface area contributed by atoms with Crippen molar-refractivity contribution in [1.29, 1.82) is 0 Å². The Morgan fingerprint density at radius 2 is 1.78 bits per heavy atom. The molecule has 4 heteroatoms. The number of halogens is 3. The Hall–Kier alpha value is -1.03. The molecule has 1 nitrogen and oxygen atoms in total. The summed E-state index contributed by atoms with van der Waals surface area (Å²) in [5.74, 6) is 0. The first-order chi connectivity index (χ1) is 8.43. The van der Waals surface area contributed by atoms with Crippen molar-refractivity contribution in [2.24, 2.45) is 0 Å². The standard InChI is InChI=1S/C14H20F3N/c1-3-10-18-11(2)4-5-12-6-8-13(9-7-12)14(15,16)17/h6-9,11,18H,3-5,10H2,1-2H3. The first kappa shape index (κ1) is 15.0. The molecule has 18 heavy (non-hydrogen) atoms. The molecule has 0 bridgehead atoms. The molecule has 0 aliphatic heterocycles. The summed E-state index contributed by atoms with van der Waals surface area (Å²) < 4.78 is 37.1. The molecule has 0 spiro atoms. The summed E-state index contributed by atoms with van der Waals surface area (Å²) >= 11 is 0. The first-order valence-electron chi connectivity index (χ1n) is 6.33. The van der Waals surface area contributed by atoms with Crippen LogP contribution >= 0.6 is 0 Å². The molecule has 0 radical (unpaired) electrons. The van der Waals surface area contributed by atoms with Crippen LogP contribution in [0.1, 0.15) is 37.8 Å². The monoisotopic (exact) mass is 259 g/mol. The van der Waals surface area contributed by atoms with Gasteiger partial charge in [0.15, 0.2) is 0 Å². The summed E-state index contributed by atoms with van der Waals surface area (Å²) in [6.45, 7) is 5.18. The fourth-order valence-corrected chi connectivity index (χ4v) is 1.74. The van der Waals surface area contributed by atoms with E-state index in [9.17, 15) is 13.2 Å². The lowest BCUT2D eigenvalue weighted by molar-refractivity contribution is -0.137. The van der Waals surface area contributed by atoms with Gasteiger partial charge in [-0.2, -0.15) is 13.2 Å². The van der Waals surface area contributed by atoms with Crippen LogP contribution in [0.15, 0.2) is 24.3 Å². The molecule has 1 unspecified atom stereocenters. The number of hydrogen-bond acceptors (Lipinski definition) is 1. The van der Waals surface area contributed by atoms with Crippen molar-refractivity contribution in [3.63, 3.8) is 0 Å². The van der Waals surface area contributed by atoms with Crippen molar-refractivity contribution < 1.29 is 13.2 Å². The summed E-state index contributed by atoms with van der Waals surface area (Å²) in [5, 5.41) is 3.36. The molecule has 1 rings (SSSR count). The summed E-state index contributed by atoms with van der Waals surface area (Å²) in [6, 6.07) is 5.83. The Morgan fingerprint density at radius 1 is 1.17 bits per heavy atom. The summed E-state index contributed by atoms with van der Waals surface area (Å²) in [4.78, 5) is 0. The van der Waals surface area contributed by atoms with Gasteiger partial charge in [-0.3, -0.25) is 0 Å². The van der Waals surface area contributed by atoms with Gasteiger partial charge in [-0.15, -0.1) is 0 Å². The van der Waals surface area contributed by atoms with E-state index in [0.717, 1.165) is 43.5 Å². The van der Waals surface area contributed by atoms with Gasteiger partial charge in [-0.1, -0.05) is 19.1 Å². The van der Waals surface area contributed by atoms with Crippen LogP contribution in [0.3, 0.4) is 0 Å². The molecule has 102 valence electrons. The molecule has 1 N–H and O–H groups in total. The van der Waals surface area contributed by atoms with Gasteiger partial charge in [0.1, 0.15) is 0 Å². The van der Waals surface area contributed by atoms with Crippen LogP contribution in [-0.2, 0) is 12.6 Å². The lowest BCUT2D eigenvalue weighted by Crippen LogP contribution is -2.27. The topological polar surface area (TPSA) is 12.0 Å². The number of nitrogens with one attached hydrogen (secondary N) is 1. The summed E-state index contributed by atoms with van der Waals surface area (Å²) in [6.07, 6.45) is -1.42. The van der Waals surface area contributed by atoms with Crippen LogP contribution in [0, 0.1) is 0 Å². The van der Waals surface area contributed by atoms with E-state index in [-0.39, 0.29) is 0 Å². The molecule has 0 heterocycles.